The molecule has 0 spiro atoms. The first-order chi connectivity index (χ1) is 7.19. The van der Waals surface area contributed by atoms with Gasteiger partial charge in [0.05, 0.1) is 12.8 Å². The number of nitrogens with zero attached hydrogens (tertiary/aromatic N) is 1. The Morgan fingerprint density at radius 1 is 1.12 bits per heavy atom. The Kier molecular flexibility index (Phi) is 7.30. The SMILES string of the molecule is O=C(O)CC(CC(=O)O)(O[N+](=O)[O-])C(=O)O.[Zr]. The molecule has 11 heteroatoms. The first-order valence-corrected chi connectivity index (χ1v) is 3.70. The number of hydrogen-bond acceptors (Lipinski definition) is 6. The first-order valence-electron chi connectivity index (χ1n) is 3.70. The molecule has 0 aliphatic heterocycles. The fraction of sp³-hybridized carbons (Fsp3) is 0.500. The van der Waals surface area contributed by atoms with Gasteiger partial charge in [0, 0.05) is 26.2 Å². The molecule has 0 heterocycles. The van der Waals surface area contributed by atoms with Gasteiger partial charge >= 0.3 is 17.9 Å². The van der Waals surface area contributed by atoms with E-state index in [9.17, 15) is 24.5 Å². The molecular weight excluding hydrogens is 321 g/mol. The van der Waals surface area contributed by atoms with Crippen LogP contribution in [0.15, 0.2) is 0 Å². The van der Waals surface area contributed by atoms with Crippen molar-refractivity contribution in [3.8, 4) is 0 Å². The molecule has 3 N–H and O–H groups in total. The van der Waals surface area contributed by atoms with Crippen LogP contribution in [-0.2, 0) is 45.4 Å². The van der Waals surface area contributed by atoms with E-state index in [1.165, 1.54) is 0 Å². The number of carbonyl (C=O) groups is 3. The van der Waals surface area contributed by atoms with Crippen LogP contribution in [0.2, 0.25) is 0 Å². The fourth-order valence-electron chi connectivity index (χ4n) is 0.949. The molecule has 0 fully saturated rings. The number of carboxylic acid groups (broad SMARTS) is 3. The molecule has 0 saturated carbocycles. The van der Waals surface area contributed by atoms with Crippen LogP contribution in [0.25, 0.3) is 0 Å². The molecular formula is C6H7NO9Zr. The molecule has 0 aromatic heterocycles. The molecule has 0 amide bonds. The molecule has 10 nitrogen and oxygen atoms in total. The van der Waals surface area contributed by atoms with E-state index in [4.69, 9.17) is 15.3 Å². The van der Waals surface area contributed by atoms with E-state index < -0.39 is 41.4 Å². The normalized spacial score (nSPS) is 9.88. The van der Waals surface area contributed by atoms with Gasteiger partial charge in [-0.15, -0.1) is 10.1 Å². The number of hydrogen-bond donors (Lipinski definition) is 3. The van der Waals surface area contributed by atoms with Gasteiger partial charge in [-0.25, -0.2) is 4.79 Å². The summed E-state index contributed by atoms with van der Waals surface area (Å²) in [6.07, 6.45) is -2.68. The van der Waals surface area contributed by atoms with E-state index in [0.29, 0.717) is 0 Å². The molecule has 0 radical (unpaired) electrons. The van der Waals surface area contributed by atoms with Gasteiger partial charge in [-0.2, -0.15) is 0 Å². The second kappa shape index (κ2) is 6.94. The van der Waals surface area contributed by atoms with Crippen LogP contribution in [0.4, 0.5) is 0 Å². The molecule has 94 valence electrons. The van der Waals surface area contributed by atoms with E-state index in [-0.39, 0.29) is 26.2 Å². The van der Waals surface area contributed by atoms with Gasteiger partial charge in [0.25, 0.3) is 5.09 Å². The maximum atomic E-state index is 10.7. The first kappa shape index (κ1) is 17.9. The molecule has 0 unspecified atom stereocenters. The van der Waals surface area contributed by atoms with Crippen LogP contribution in [0, 0.1) is 10.1 Å². The molecule has 0 saturated heterocycles. The molecule has 0 rings (SSSR count). The summed E-state index contributed by atoms with van der Waals surface area (Å²) in [5.41, 5.74) is -2.92. The average molecular weight is 328 g/mol. The Balaban J connectivity index is 0. The molecule has 0 aromatic carbocycles. The zero-order valence-corrected chi connectivity index (χ0v) is 10.6. The number of rotatable bonds is 7. The summed E-state index contributed by atoms with van der Waals surface area (Å²) in [4.78, 5) is 45.0. The smallest absolute Gasteiger partial charge is 0.337 e. The molecule has 0 bridgehead atoms. The average Bonchev–Trinajstić information content (AvgIpc) is 1.98. The summed E-state index contributed by atoms with van der Waals surface area (Å²) < 4.78 is 0. The van der Waals surface area contributed by atoms with Gasteiger partial charge in [0.1, 0.15) is 0 Å². The van der Waals surface area contributed by atoms with Crippen molar-refractivity contribution in [2.24, 2.45) is 0 Å². The van der Waals surface area contributed by atoms with Crippen molar-refractivity contribution in [3.63, 3.8) is 0 Å². The minimum Gasteiger partial charge on any atom is -0.481 e. The summed E-state index contributed by atoms with van der Waals surface area (Å²) in [5.74, 6) is -5.50. The van der Waals surface area contributed by atoms with Gasteiger partial charge in [-0.1, -0.05) is 0 Å². The summed E-state index contributed by atoms with van der Waals surface area (Å²) >= 11 is 0. The van der Waals surface area contributed by atoms with E-state index >= 15 is 0 Å². The van der Waals surface area contributed by atoms with E-state index in [1.54, 1.807) is 0 Å². The Morgan fingerprint density at radius 3 is 1.65 bits per heavy atom. The maximum Gasteiger partial charge on any atom is 0.337 e. The quantitative estimate of drug-likeness (QED) is 0.391. The van der Waals surface area contributed by atoms with Crippen molar-refractivity contribution in [2.45, 2.75) is 18.4 Å². The maximum absolute atomic E-state index is 10.7. The zero-order chi connectivity index (χ0) is 12.9. The fourth-order valence-corrected chi connectivity index (χ4v) is 0.949. The van der Waals surface area contributed by atoms with E-state index in [1.807, 2.05) is 0 Å². The minimum atomic E-state index is -2.92. The minimum absolute atomic E-state index is 0. The van der Waals surface area contributed by atoms with Crippen LogP contribution in [-0.4, -0.2) is 43.9 Å². The monoisotopic (exact) mass is 327 g/mol. The predicted molar refractivity (Wildman–Crippen MR) is 43.0 cm³/mol. The topological polar surface area (TPSA) is 164 Å². The Labute approximate surface area is 112 Å². The van der Waals surface area contributed by atoms with Gasteiger partial charge in [-0.05, 0) is 0 Å². The molecule has 0 aromatic rings. The zero-order valence-electron chi connectivity index (χ0n) is 8.15. The van der Waals surface area contributed by atoms with E-state index in [2.05, 4.69) is 4.84 Å². The van der Waals surface area contributed by atoms with Crippen LogP contribution in [0.5, 0.6) is 0 Å². The van der Waals surface area contributed by atoms with Crippen molar-refractivity contribution >= 4 is 17.9 Å². The van der Waals surface area contributed by atoms with Gasteiger partial charge in [0.2, 0.25) is 5.60 Å². The van der Waals surface area contributed by atoms with Crippen molar-refractivity contribution < 1.29 is 65.8 Å². The van der Waals surface area contributed by atoms with Crippen molar-refractivity contribution in [2.75, 3.05) is 0 Å². The third-order valence-corrected chi connectivity index (χ3v) is 1.51. The Bertz CT molecular complexity index is 300. The van der Waals surface area contributed by atoms with Gasteiger partial charge in [0.15, 0.2) is 0 Å². The standard InChI is InChI=1S/C6H7NO9.Zr/c8-3(9)1-6(5(12)13,2-4(10)11)16-7(14)15;/h1-2H2,(H,8,9)(H,10,11)(H,12,13);. The Morgan fingerprint density at radius 2 is 1.47 bits per heavy atom. The second-order valence-electron chi connectivity index (χ2n) is 2.76. The van der Waals surface area contributed by atoms with Crippen molar-refractivity contribution in [1.29, 1.82) is 0 Å². The predicted octanol–water partition coefficient (Wildman–Crippen LogP) is -1.03. The molecule has 0 atom stereocenters. The van der Waals surface area contributed by atoms with Gasteiger partial charge < -0.3 is 15.3 Å². The summed E-state index contributed by atoms with van der Waals surface area (Å²) in [6.45, 7) is 0. The molecule has 0 aliphatic carbocycles. The largest absolute Gasteiger partial charge is 0.481 e. The van der Waals surface area contributed by atoms with E-state index in [0.717, 1.165) is 0 Å². The van der Waals surface area contributed by atoms with Crippen LogP contribution in [0.3, 0.4) is 0 Å². The molecule has 17 heavy (non-hydrogen) atoms. The van der Waals surface area contributed by atoms with Crippen molar-refractivity contribution in [1.82, 2.24) is 0 Å². The molecule has 0 aliphatic rings. The van der Waals surface area contributed by atoms with Crippen LogP contribution >= 0.6 is 0 Å². The van der Waals surface area contributed by atoms with Crippen LogP contribution < -0.4 is 0 Å². The van der Waals surface area contributed by atoms with Crippen LogP contribution in [0.1, 0.15) is 12.8 Å². The summed E-state index contributed by atoms with van der Waals surface area (Å²) in [5, 5.41) is 33.8. The summed E-state index contributed by atoms with van der Waals surface area (Å²) in [6, 6.07) is 0. The number of carboxylic acids is 3. The Hall–Kier alpha value is -1.51. The third-order valence-electron chi connectivity index (χ3n) is 1.51. The summed E-state index contributed by atoms with van der Waals surface area (Å²) in [7, 11) is 0. The van der Waals surface area contributed by atoms with Crippen molar-refractivity contribution in [3.05, 3.63) is 10.1 Å². The third kappa shape index (κ3) is 5.95. The number of aliphatic carboxylic acids is 3. The van der Waals surface area contributed by atoms with Gasteiger partial charge in [-0.3, -0.25) is 14.4 Å². The second-order valence-corrected chi connectivity index (χ2v) is 2.76.